The van der Waals surface area contributed by atoms with E-state index in [1.54, 1.807) is 13.2 Å². The summed E-state index contributed by atoms with van der Waals surface area (Å²) in [7, 11) is 1.64. The Morgan fingerprint density at radius 1 is 1.20 bits per heavy atom. The number of rotatable bonds is 5. The topological polar surface area (TPSA) is 47.0 Å². The second kappa shape index (κ2) is 6.57. The van der Waals surface area contributed by atoms with Crippen LogP contribution in [0.15, 0.2) is 24.3 Å². The number of nitrogens with zero attached hydrogens (tertiary/aromatic N) is 2. The first-order valence-electron chi connectivity index (χ1n) is 6.63. The van der Waals surface area contributed by atoms with Crippen molar-refractivity contribution >= 4 is 17.4 Å². The normalized spacial score (nSPS) is 10.4. The van der Waals surface area contributed by atoms with E-state index >= 15 is 0 Å². The van der Waals surface area contributed by atoms with Gasteiger partial charge in [-0.1, -0.05) is 18.5 Å². The molecule has 2 aromatic rings. The fourth-order valence-corrected chi connectivity index (χ4v) is 2.12. The maximum Gasteiger partial charge on any atom is 0.131 e. The van der Waals surface area contributed by atoms with Crippen LogP contribution in [0.4, 0.5) is 5.82 Å². The number of hydrogen-bond donors (Lipinski definition) is 1. The van der Waals surface area contributed by atoms with E-state index in [1.165, 1.54) is 0 Å². The number of hydrogen-bond acceptors (Lipinski definition) is 4. The summed E-state index contributed by atoms with van der Waals surface area (Å²) in [5, 5.41) is 3.87. The first-order valence-corrected chi connectivity index (χ1v) is 7.01. The van der Waals surface area contributed by atoms with Crippen molar-refractivity contribution in [1.82, 2.24) is 9.97 Å². The molecule has 1 aromatic carbocycles. The zero-order chi connectivity index (χ0) is 14.5. The second-order valence-electron chi connectivity index (χ2n) is 4.28. The molecular weight excluding hydrogens is 274 g/mol. The van der Waals surface area contributed by atoms with E-state index in [9.17, 15) is 0 Å². The fraction of sp³-hybridized carbons (Fsp3) is 0.333. The Bertz CT molecular complexity index is 602. The van der Waals surface area contributed by atoms with Crippen LogP contribution in [0.5, 0.6) is 5.75 Å². The minimum atomic E-state index is 0.655. The SMILES string of the molecule is CCNc1cc(-c2cc(Cl)ccc2OC)nc(CC)n1. The number of ether oxygens (including phenoxy) is 1. The van der Waals surface area contributed by atoms with E-state index in [2.05, 4.69) is 15.3 Å². The molecule has 0 radical (unpaired) electrons. The van der Waals surface area contributed by atoms with Crippen LogP contribution < -0.4 is 10.1 Å². The molecule has 0 atom stereocenters. The molecule has 0 unspecified atom stereocenters. The number of aromatic nitrogens is 2. The first kappa shape index (κ1) is 14.6. The lowest BCUT2D eigenvalue weighted by molar-refractivity contribution is 0.416. The summed E-state index contributed by atoms with van der Waals surface area (Å²) < 4.78 is 5.39. The second-order valence-corrected chi connectivity index (χ2v) is 4.72. The lowest BCUT2D eigenvalue weighted by Crippen LogP contribution is -2.04. The Labute approximate surface area is 124 Å². The molecule has 106 valence electrons. The molecule has 2 rings (SSSR count). The molecule has 1 N–H and O–H groups in total. The fourth-order valence-electron chi connectivity index (χ4n) is 1.95. The molecule has 0 aliphatic rings. The summed E-state index contributed by atoms with van der Waals surface area (Å²) in [5.74, 6) is 2.36. The quantitative estimate of drug-likeness (QED) is 0.910. The van der Waals surface area contributed by atoms with Gasteiger partial charge in [0.15, 0.2) is 0 Å². The average molecular weight is 292 g/mol. The van der Waals surface area contributed by atoms with Crippen LogP contribution >= 0.6 is 11.6 Å². The van der Waals surface area contributed by atoms with Crippen LogP contribution in [0, 0.1) is 0 Å². The van der Waals surface area contributed by atoms with Crippen molar-refractivity contribution in [2.75, 3.05) is 19.0 Å². The number of nitrogens with one attached hydrogen (secondary N) is 1. The van der Waals surface area contributed by atoms with Crippen LogP contribution in [-0.4, -0.2) is 23.6 Å². The van der Waals surface area contributed by atoms with Crippen molar-refractivity contribution in [2.24, 2.45) is 0 Å². The molecule has 20 heavy (non-hydrogen) atoms. The minimum absolute atomic E-state index is 0.655. The Morgan fingerprint density at radius 3 is 2.65 bits per heavy atom. The molecular formula is C15H18ClN3O. The molecule has 0 fully saturated rings. The molecule has 1 aromatic heterocycles. The Balaban J connectivity index is 2.56. The van der Waals surface area contributed by atoms with Gasteiger partial charge in [0.05, 0.1) is 12.8 Å². The maximum atomic E-state index is 6.08. The highest BCUT2D eigenvalue weighted by Gasteiger charge is 2.11. The predicted molar refractivity (Wildman–Crippen MR) is 82.6 cm³/mol. The highest BCUT2D eigenvalue weighted by atomic mass is 35.5. The van der Waals surface area contributed by atoms with Gasteiger partial charge in [0.2, 0.25) is 0 Å². The van der Waals surface area contributed by atoms with Crippen molar-refractivity contribution in [3.63, 3.8) is 0 Å². The number of benzene rings is 1. The van der Waals surface area contributed by atoms with Crippen molar-refractivity contribution in [1.29, 1.82) is 0 Å². The van der Waals surface area contributed by atoms with Crippen molar-refractivity contribution < 1.29 is 4.74 Å². The highest BCUT2D eigenvalue weighted by molar-refractivity contribution is 6.30. The summed E-state index contributed by atoms with van der Waals surface area (Å²) in [4.78, 5) is 9.01. The number of anilines is 1. The highest BCUT2D eigenvalue weighted by Crippen LogP contribution is 2.32. The lowest BCUT2D eigenvalue weighted by atomic mass is 10.1. The number of aryl methyl sites for hydroxylation is 1. The van der Waals surface area contributed by atoms with Crippen LogP contribution in [0.1, 0.15) is 19.7 Å². The largest absolute Gasteiger partial charge is 0.496 e. The third kappa shape index (κ3) is 3.20. The van der Waals surface area contributed by atoms with Gasteiger partial charge in [-0.2, -0.15) is 0 Å². The van der Waals surface area contributed by atoms with E-state index in [4.69, 9.17) is 16.3 Å². The predicted octanol–water partition coefficient (Wildman–Crippen LogP) is 3.80. The summed E-state index contributed by atoms with van der Waals surface area (Å²) in [6, 6.07) is 7.42. The van der Waals surface area contributed by atoms with Crippen LogP contribution in [-0.2, 0) is 6.42 Å². The minimum Gasteiger partial charge on any atom is -0.496 e. The molecule has 5 heteroatoms. The molecule has 0 aliphatic heterocycles. The smallest absolute Gasteiger partial charge is 0.131 e. The van der Waals surface area contributed by atoms with E-state index < -0.39 is 0 Å². The maximum absolute atomic E-state index is 6.08. The molecule has 1 heterocycles. The summed E-state index contributed by atoms with van der Waals surface area (Å²) in [6.07, 6.45) is 0.773. The summed E-state index contributed by atoms with van der Waals surface area (Å²) in [5.41, 5.74) is 1.68. The lowest BCUT2D eigenvalue weighted by Gasteiger charge is -2.11. The Hall–Kier alpha value is -1.81. The molecule has 0 spiro atoms. The zero-order valence-corrected chi connectivity index (χ0v) is 12.7. The zero-order valence-electron chi connectivity index (χ0n) is 11.9. The van der Waals surface area contributed by atoms with Gasteiger partial charge in [-0.25, -0.2) is 9.97 Å². The monoisotopic (exact) mass is 291 g/mol. The van der Waals surface area contributed by atoms with Crippen molar-refractivity contribution in [2.45, 2.75) is 20.3 Å². The van der Waals surface area contributed by atoms with Gasteiger partial charge in [-0.05, 0) is 25.1 Å². The standard InChI is InChI=1S/C15H18ClN3O/c1-4-14-18-12(9-15(19-14)17-5-2)11-8-10(16)6-7-13(11)20-3/h6-9H,4-5H2,1-3H3,(H,17,18,19). The van der Waals surface area contributed by atoms with Gasteiger partial charge < -0.3 is 10.1 Å². The van der Waals surface area contributed by atoms with E-state index in [1.807, 2.05) is 32.0 Å². The molecule has 0 saturated carbocycles. The van der Waals surface area contributed by atoms with Crippen molar-refractivity contribution in [3.8, 4) is 17.0 Å². The van der Waals surface area contributed by atoms with Gasteiger partial charge in [-0.3, -0.25) is 0 Å². The van der Waals surface area contributed by atoms with Gasteiger partial charge in [0.1, 0.15) is 17.4 Å². The number of halogens is 1. The molecule has 0 bridgehead atoms. The average Bonchev–Trinajstić information content (AvgIpc) is 2.47. The summed E-state index contributed by atoms with van der Waals surface area (Å²) >= 11 is 6.08. The molecule has 4 nitrogen and oxygen atoms in total. The third-order valence-electron chi connectivity index (χ3n) is 2.88. The summed E-state index contributed by atoms with van der Waals surface area (Å²) in [6.45, 7) is 4.88. The molecule has 0 aliphatic carbocycles. The number of methoxy groups -OCH3 is 1. The van der Waals surface area contributed by atoms with E-state index in [0.717, 1.165) is 41.6 Å². The van der Waals surface area contributed by atoms with Crippen molar-refractivity contribution in [3.05, 3.63) is 35.1 Å². The van der Waals surface area contributed by atoms with Crippen LogP contribution in [0.2, 0.25) is 5.02 Å². The van der Waals surface area contributed by atoms with Gasteiger partial charge >= 0.3 is 0 Å². The Kier molecular flexibility index (Phi) is 4.79. The third-order valence-corrected chi connectivity index (χ3v) is 3.12. The van der Waals surface area contributed by atoms with Crippen LogP contribution in [0.3, 0.4) is 0 Å². The van der Waals surface area contributed by atoms with Gasteiger partial charge in [0.25, 0.3) is 0 Å². The van der Waals surface area contributed by atoms with Gasteiger partial charge in [-0.15, -0.1) is 0 Å². The molecule has 0 saturated heterocycles. The van der Waals surface area contributed by atoms with E-state index in [-0.39, 0.29) is 0 Å². The first-order chi connectivity index (χ1) is 9.67. The Morgan fingerprint density at radius 2 is 2.00 bits per heavy atom. The van der Waals surface area contributed by atoms with Crippen LogP contribution in [0.25, 0.3) is 11.3 Å². The van der Waals surface area contributed by atoms with Gasteiger partial charge in [0, 0.05) is 29.6 Å². The van der Waals surface area contributed by atoms with E-state index in [0.29, 0.717) is 5.02 Å². The molecule has 0 amide bonds.